The van der Waals surface area contributed by atoms with Gasteiger partial charge in [-0.2, -0.15) is 0 Å². The molecule has 0 saturated carbocycles. The second kappa shape index (κ2) is 2.34. The number of benzene rings is 1. The average Bonchev–Trinajstić information content (AvgIpc) is 2.30. The number of Topliss-reactive ketones (excluding diaryl/α,β-unsaturated/α-hetero) is 1. The van der Waals surface area contributed by atoms with Gasteiger partial charge in [-0.3, -0.25) is 4.79 Å². The fraction of sp³-hybridized carbons (Fsp3) is 0.125. The minimum atomic E-state index is -1.38. The maximum atomic E-state index is 12.7. The molecule has 11 heavy (non-hydrogen) atoms. The summed E-state index contributed by atoms with van der Waals surface area (Å²) in [6.45, 7) is 0. The summed E-state index contributed by atoms with van der Waals surface area (Å²) in [6, 6.07) is 6.97. The molecule has 0 saturated heterocycles. The lowest BCUT2D eigenvalue weighted by atomic mass is 10.1. The Hall–Kier alpha value is -0.830. The van der Waals surface area contributed by atoms with Crippen LogP contribution in [0.1, 0.15) is 10.4 Å². The zero-order valence-electron chi connectivity index (χ0n) is 5.58. The number of hydrogen-bond acceptors (Lipinski definition) is 2. The minimum Gasteiger partial charge on any atom is -0.290 e. The molecule has 0 radical (unpaired) electrons. The second-order valence-corrected chi connectivity index (χ2v) is 3.38. The first kappa shape index (κ1) is 6.85. The Kier molecular flexibility index (Phi) is 1.46. The van der Waals surface area contributed by atoms with Crippen molar-refractivity contribution in [1.29, 1.82) is 0 Å². The molecule has 1 aromatic carbocycles. The number of ketones is 1. The van der Waals surface area contributed by atoms with E-state index in [9.17, 15) is 9.18 Å². The van der Waals surface area contributed by atoms with Gasteiger partial charge in [0, 0.05) is 10.5 Å². The van der Waals surface area contributed by atoms with Crippen LogP contribution in [0, 0.1) is 0 Å². The van der Waals surface area contributed by atoms with Crippen LogP contribution in [0.15, 0.2) is 29.2 Å². The predicted molar refractivity (Wildman–Crippen MR) is 41.5 cm³/mol. The number of fused-ring (bicyclic) bond motifs is 1. The first-order valence-corrected chi connectivity index (χ1v) is 4.11. The smallest absolute Gasteiger partial charge is 0.213 e. The minimum absolute atomic E-state index is 0.398. The number of hydrogen-bond donors (Lipinski definition) is 0. The standard InChI is InChI=1S/C8H5FOS/c9-8-7(10)5-3-1-2-4-6(5)11-8/h1-4,8H. The third kappa shape index (κ3) is 0.959. The van der Waals surface area contributed by atoms with Gasteiger partial charge in [0.25, 0.3) is 0 Å². The second-order valence-electron chi connectivity index (χ2n) is 2.29. The Morgan fingerprint density at radius 1 is 1.36 bits per heavy atom. The van der Waals surface area contributed by atoms with Crippen LogP contribution in [0.5, 0.6) is 0 Å². The van der Waals surface area contributed by atoms with Gasteiger partial charge >= 0.3 is 0 Å². The number of rotatable bonds is 0. The molecule has 56 valence electrons. The van der Waals surface area contributed by atoms with Gasteiger partial charge in [-0.25, -0.2) is 4.39 Å². The van der Waals surface area contributed by atoms with Crippen LogP contribution in [0.3, 0.4) is 0 Å². The van der Waals surface area contributed by atoms with Crippen LogP contribution >= 0.6 is 11.8 Å². The van der Waals surface area contributed by atoms with Crippen LogP contribution < -0.4 is 0 Å². The molecule has 0 aromatic heterocycles. The van der Waals surface area contributed by atoms with Crippen molar-refractivity contribution >= 4 is 17.5 Å². The largest absolute Gasteiger partial charge is 0.290 e. The SMILES string of the molecule is O=C1c2ccccc2SC1F. The van der Waals surface area contributed by atoms with Crippen molar-refractivity contribution in [2.45, 2.75) is 10.4 Å². The fourth-order valence-corrected chi connectivity index (χ4v) is 1.97. The Balaban J connectivity index is 2.55. The van der Waals surface area contributed by atoms with E-state index in [0.717, 1.165) is 16.7 Å². The quantitative estimate of drug-likeness (QED) is 0.591. The maximum absolute atomic E-state index is 12.7. The molecular formula is C8H5FOS. The van der Waals surface area contributed by atoms with E-state index < -0.39 is 11.3 Å². The van der Waals surface area contributed by atoms with Gasteiger partial charge in [-0.1, -0.05) is 30.0 Å². The molecule has 0 fully saturated rings. The third-order valence-corrected chi connectivity index (χ3v) is 2.62. The maximum Gasteiger partial charge on any atom is 0.213 e. The number of carbonyl (C=O) groups excluding carboxylic acids is 1. The highest BCUT2D eigenvalue weighted by atomic mass is 32.2. The lowest BCUT2D eigenvalue weighted by Crippen LogP contribution is -2.03. The highest BCUT2D eigenvalue weighted by molar-refractivity contribution is 8.01. The van der Waals surface area contributed by atoms with E-state index in [0.29, 0.717) is 5.56 Å². The molecule has 1 atom stereocenters. The lowest BCUT2D eigenvalue weighted by molar-refractivity contribution is 0.0943. The molecule has 1 aliphatic rings. The summed E-state index contributed by atoms with van der Waals surface area (Å²) in [5, 5.41) is 0. The van der Waals surface area contributed by atoms with E-state index in [1.54, 1.807) is 24.3 Å². The summed E-state index contributed by atoms with van der Waals surface area (Å²) in [4.78, 5) is 11.8. The van der Waals surface area contributed by atoms with Crippen molar-refractivity contribution in [3.8, 4) is 0 Å². The average molecular weight is 168 g/mol. The van der Waals surface area contributed by atoms with Gasteiger partial charge in [0.15, 0.2) is 0 Å². The normalized spacial score (nSPS) is 21.9. The predicted octanol–water partition coefficient (Wildman–Crippen LogP) is 2.27. The molecule has 0 amide bonds. The Morgan fingerprint density at radius 3 is 2.82 bits per heavy atom. The number of halogens is 1. The van der Waals surface area contributed by atoms with Crippen molar-refractivity contribution in [3.63, 3.8) is 0 Å². The van der Waals surface area contributed by atoms with Gasteiger partial charge in [-0.05, 0) is 6.07 Å². The first-order chi connectivity index (χ1) is 5.29. The van der Waals surface area contributed by atoms with Crippen LogP contribution in [-0.2, 0) is 0 Å². The van der Waals surface area contributed by atoms with Gasteiger partial charge in [-0.15, -0.1) is 0 Å². The van der Waals surface area contributed by atoms with Crippen LogP contribution in [0.25, 0.3) is 0 Å². The molecule has 0 N–H and O–H groups in total. The van der Waals surface area contributed by atoms with Crippen molar-refractivity contribution in [1.82, 2.24) is 0 Å². The van der Waals surface area contributed by atoms with E-state index in [-0.39, 0.29) is 0 Å². The van der Waals surface area contributed by atoms with Gasteiger partial charge in [0.1, 0.15) is 0 Å². The summed E-state index contributed by atoms with van der Waals surface area (Å²) in [7, 11) is 0. The molecule has 2 rings (SSSR count). The van der Waals surface area contributed by atoms with Gasteiger partial charge in [0.05, 0.1) is 0 Å². The van der Waals surface area contributed by atoms with Crippen molar-refractivity contribution < 1.29 is 9.18 Å². The molecule has 1 aromatic rings. The summed E-state index contributed by atoms with van der Waals surface area (Å²) < 4.78 is 12.7. The molecule has 1 unspecified atom stereocenters. The third-order valence-electron chi connectivity index (χ3n) is 1.59. The molecule has 3 heteroatoms. The summed E-state index contributed by atoms with van der Waals surface area (Å²) in [6.07, 6.45) is 0. The van der Waals surface area contributed by atoms with E-state index in [4.69, 9.17) is 0 Å². The van der Waals surface area contributed by atoms with Gasteiger partial charge in [0.2, 0.25) is 11.3 Å². The molecular weight excluding hydrogens is 163 g/mol. The molecule has 1 heterocycles. The van der Waals surface area contributed by atoms with E-state index in [1.165, 1.54) is 0 Å². The van der Waals surface area contributed by atoms with E-state index >= 15 is 0 Å². The van der Waals surface area contributed by atoms with Crippen LogP contribution in [-0.4, -0.2) is 11.3 Å². The topological polar surface area (TPSA) is 17.1 Å². The summed E-state index contributed by atoms with van der Waals surface area (Å²) in [5.74, 6) is -0.398. The van der Waals surface area contributed by atoms with Crippen molar-refractivity contribution in [3.05, 3.63) is 29.8 Å². The monoisotopic (exact) mass is 168 g/mol. The number of alkyl halides is 1. The fourth-order valence-electron chi connectivity index (χ4n) is 1.06. The lowest BCUT2D eigenvalue weighted by Gasteiger charge is -1.90. The Labute approximate surface area is 67.6 Å². The first-order valence-electron chi connectivity index (χ1n) is 3.23. The van der Waals surface area contributed by atoms with E-state index in [2.05, 4.69) is 0 Å². The van der Waals surface area contributed by atoms with Crippen LogP contribution in [0.2, 0.25) is 0 Å². The zero-order valence-corrected chi connectivity index (χ0v) is 6.40. The van der Waals surface area contributed by atoms with Crippen LogP contribution in [0.4, 0.5) is 4.39 Å². The summed E-state index contributed by atoms with van der Waals surface area (Å²) >= 11 is 0.983. The highest BCUT2D eigenvalue weighted by Crippen LogP contribution is 2.36. The molecule has 0 bridgehead atoms. The molecule has 1 nitrogen and oxygen atoms in total. The number of thioether (sulfide) groups is 1. The Bertz CT molecular complexity index is 311. The highest BCUT2D eigenvalue weighted by Gasteiger charge is 2.30. The summed E-state index contributed by atoms with van der Waals surface area (Å²) in [5.41, 5.74) is -0.864. The van der Waals surface area contributed by atoms with Crippen molar-refractivity contribution in [2.24, 2.45) is 0 Å². The molecule has 1 aliphatic heterocycles. The zero-order chi connectivity index (χ0) is 7.84. The Morgan fingerprint density at radius 2 is 2.09 bits per heavy atom. The molecule has 0 spiro atoms. The van der Waals surface area contributed by atoms with Gasteiger partial charge < -0.3 is 0 Å². The molecule has 0 aliphatic carbocycles. The number of carbonyl (C=O) groups is 1. The van der Waals surface area contributed by atoms with Crippen molar-refractivity contribution in [2.75, 3.05) is 0 Å². The van der Waals surface area contributed by atoms with E-state index in [1.807, 2.05) is 0 Å².